The summed E-state index contributed by atoms with van der Waals surface area (Å²) < 4.78 is 18.7. The van der Waals surface area contributed by atoms with E-state index in [0.717, 1.165) is 25.9 Å². The summed E-state index contributed by atoms with van der Waals surface area (Å²) in [5.41, 5.74) is 4.67. The van der Waals surface area contributed by atoms with E-state index in [9.17, 15) is 9.18 Å². The van der Waals surface area contributed by atoms with Crippen LogP contribution in [0.2, 0.25) is 0 Å². The first-order valence-electron chi connectivity index (χ1n) is 10.7. The van der Waals surface area contributed by atoms with Crippen molar-refractivity contribution in [1.29, 1.82) is 0 Å². The Bertz CT molecular complexity index is 854. The van der Waals surface area contributed by atoms with Gasteiger partial charge in [0.2, 0.25) is 5.85 Å². The van der Waals surface area contributed by atoms with Gasteiger partial charge in [-0.3, -0.25) is 0 Å². The molecule has 1 aliphatic heterocycles. The number of carbonyl (C=O) groups is 1. The molecule has 0 spiro atoms. The number of alkyl halides is 1. The summed E-state index contributed by atoms with van der Waals surface area (Å²) in [6.07, 6.45) is 2.04. The van der Waals surface area contributed by atoms with Crippen LogP contribution in [0.25, 0.3) is 0 Å². The van der Waals surface area contributed by atoms with Gasteiger partial charge in [0, 0.05) is 51.4 Å². The second-order valence-corrected chi connectivity index (χ2v) is 8.06. The minimum Gasteiger partial charge on any atom is -0.459 e. The quantitative estimate of drug-likeness (QED) is 0.703. The molecular formula is C24H32FN3O2. The minimum absolute atomic E-state index is 0.119. The minimum atomic E-state index is -1.74. The standard InChI is InChI=1S/C24H32FN3O2/c1-5-18-7-12-22(19(6-2)17-18)27-13-15-28(16-14-27)23(29)26-20-8-10-21(11-9-20)30-24(3,4)25/h7-12,17H,5-6,13-16H2,1-4H3,(H,26,29). The van der Waals surface area contributed by atoms with Crippen LogP contribution in [0.15, 0.2) is 42.5 Å². The second-order valence-electron chi connectivity index (χ2n) is 8.06. The SMILES string of the molecule is CCc1ccc(N2CCN(C(=O)Nc3ccc(OC(C)(C)F)cc3)CC2)c(CC)c1. The zero-order valence-electron chi connectivity index (χ0n) is 18.4. The molecule has 2 aromatic carbocycles. The molecule has 0 unspecified atom stereocenters. The molecule has 0 bridgehead atoms. The Labute approximate surface area is 178 Å². The van der Waals surface area contributed by atoms with E-state index >= 15 is 0 Å². The summed E-state index contributed by atoms with van der Waals surface area (Å²) in [6, 6.07) is 13.3. The monoisotopic (exact) mass is 413 g/mol. The zero-order valence-corrected chi connectivity index (χ0v) is 18.4. The maximum Gasteiger partial charge on any atom is 0.321 e. The second kappa shape index (κ2) is 9.37. The fourth-order valence-electron chi connectivity index (χ4n) is 3.69. The molecule has 0 aromatic heterocycles. The van der Waals surface area contributed by atoms with E-state index in [4.69, 9.17) is 4.74 Å². The van der Waals surface area contributed by atoms with Crippen molar-refractivity contribution in [3.63, 3.8) is 0 Å². The Morgan fingerprint density at radius 1 is 1.03 bits per heavy atom. The van der Waals surface area contributed by atoms with Crippen molar-refractivity contribution in [2.45, 2.75) is 46.4 Å². The summed E-state index contributed by atoms with van der Waals surface area (Å²) in [6.45, 7) is 10.0. The Kier molecular flexibility index (Phi) is 6.85. The summed E-state index contributed by atoms with van der Waals surface area (Å²) in [4.78, 5) is 16.8. The van der Waals surface area contributed by atoms with Crippen LogP contribution < -0.4 is 15.0 Å². The van der Waals surface area contributed by atoms with Crippen molar-refractivity contribution in [1.82, 2.24) is 4.90 Å². The van der Waals surface area contributed by atoms with E-state index in [1.165, 1.54) is 30.7 Å². The molecule has 1 fully saturated rings. The predicted octanol–water partition coefficient (Wildman–Crippen LogP) is 5.25. The van der Waals surface area contributed by atoms with Gasteiger partial charge in [-0.05, 0) is 54.3 Å². The molecule has 0 saturated carbocycles. The van der Waals surface area contributed by atoms with Crippen LogP contribution in [0.3, 0.4) is 0 Å². The van der Waals surface area contributed by atoms with Crippen LogP contribution in [0.1, 0.15) is 38.8 Å². The van der Waals surface area contributed by atoms with Gasteiger partial charge in [0.15, 0.2) is 0 Å². The molecule has 1 N–H and O–H groups in total. The van der Waals surface area contributed by atoms with E-state index in [-0.39, 0.29) is 6.03 Å². The maximum absolute atomic E-state index is 13.6. The van der Waals surface area contributed by atoms with E-state index in [0.29, 0.717) is 24.5 Å². The van der Waals surface area contributed by atoms with Gasteiger partial charge in [-0.2, -0.15) is 4.39 Å². The average Bonchev–Trinajstić information content (AvgIpc) is 2.73. The smallest absolute Gasteiger partial charge is 0.321 e. The van der Waals surface area contributed by atoms with Gasteiger partial charge in [0.1, 0.15) is 5.75 Å². The number of aryl methyl sites for hydroxylation is 2. The molecule has 1 saturated heterocycles. The summed E-state index contributed by atoms with van der Waals surface area (Å²) in [5, 5.41) is 2.91. The highest BCUT2D eigenvalue weighted by atomic mass is 19.2. The van der Waals surface area contributed by atoms with Crippen LogP contribution in [-0.2, 0) is 12.8 Å². The van der Waals surface area contributed by atoms with Crippen molar-refractivity contribution in [2.24, 2.45) is 0 Å². The number of halogens is 1. The lowest BCUT2D eigenvalue weighted by Gasteiger charge is -2.37. The molecule has 30 heavy (non-hydrogen) atoms. The first-order valence-corrected chi connectivity index (χ1v) is 10.7. The van der Waals surface area contributed by atoms with E-state index in [1.807, 2.05) is 4.90 Å². The highest BCUT2D eigenvalue weighted by Crippen LogP contribution is 2.25. The van der Waals surface area contributed by atoms with E-state index in [2.05, 4.69) is 42.3 Å². The molecule has 6 heteroatoms. The summed E-state index contributed by atoms with van der Waals surface area (Å²) in [7, 11) is 0. The van der Waals surface area contributed by atoms with Gasteiger partial charge in [-0.15, -0.1) is 0 Å². The van der Waals surface area contributed by atoms with Crippen LogP contribution in [0, 0.1) is 0 Å². The van der Waals surface area contributed by atoms with Crippen LogP contribution in [0.4, 0.5) is 20.6 Å². The average molecular weight is 414 g/mol. The molecule has 1 heterocycles. The summed E-state index contributed by atoms with van der Waals surface area (Å²) >= 11 is 0. The topological polar surface area (TPSA) is 44.8 Å². The molecule has 0 atom stereocenters. The number of rotatable bonds is 6. The van der Waals surface area contributed by atoms with Crippen LogP contribution in [0.5, 0.6) is 5.75 Å². The number of hydrogen-bond donors (Lipinski definition) is 1. The number of nitrogens with zero attached hydrogens (tertiary/aromatic N) is 2. The van der Waals surface area contributed by atoms with Gasteiger partial charge < -0.3 is 19.9 Å². The number of ether oxygens (including phenoxy) is 1. The van der Waals surface area contributed by atoms with Gasteiger partial charge in [0.05, 0.1) is 0 Å². The molecule has 162 valence electrons. The van der Waals surface area contributed by atoms with Gasteiger partial charge in [-0.25, -0.2) is 4.79 Å². The van der Waals surface area contributed by atoms with Gasteiger partial charge in [-0.1, -0.05) is 26.0 Å². The maximum atomic E-state index is 13.6. The van der Waals surface area contributed by atoms with Crippen molar-refractivity contribution in [3.05, 3.63) is 53.6 Å². The molecule has 3 rings (SSSR count). The van der Waals surface area contributed by atoms with Crippen LogP contribution >= 0.6 is 0 Å². The number of anilines is 2. The summed E-state index contributed by atoms with van der Waals surface area (Å²) in [5.74, 6) is -1.31. The Morgan fingerprint density at radius 2 is 1.70 bits per heavy atom. The van der Waals surface area contributed by atoms with Crippen LogP contribution in [-0.4, -0.2) is 43.0 Å². The number of urea groups is 1. The Morgan fingerprint density at radius 3 is 2.27 bits per heavy atom. The lowest BCUT2D eigenvalue weighted by Crippen LogP contribution is -2.50. The fraction of sp³-hybridized carbons (Fsp3) is 0.458. The third kappa shape index (κ3) is 5.65. The third-order valence-electron chi connectivity index (χ3n) is 5.31. The number of nitrogens with one attached hydrogen (secondary N) is 1. The normalized spacial score (nSPS) is 14.6. The zero-order chi connectivity index (χ0) is 21.7. The number of amides is 2. The Hall–Kier alpha value is -2.76. The third-order valence-corrected chi connectivity index (χ3v) is 5.31. The van der Waals surface area contributed by atoms with E-state index < -0.39 is 5.85 Å². The molecular weight excluding hydrogens is 381 g/mol. The molecule has 2 amide bonds. The lowest BCUT2D eigenvalue weighted by atomic mass is 10.0. The highest BCUT2D eigenvalue weighted by molar-refractivity contribution is 5.89. The lowest BCUT2D eigenvalue weighted by molar-refractivity contribution is -0.0256. The first-order chi connectivity index (χ1) is 14.3. The molecule has 0 aliphatic carbocycles. The van der Waals surface area contributed by atoms with Crippen molar-refractivity contribution < 1.29 is 13.9 Å². The largest absolute Gasteiger partial charge is 0.459 e. The number of piperazine rings is 1. The number of benzene rings is 2. The van der Waals surface area contributed by atoms with E-state index in [1.54, 1.807) is 24.3 Å². The molecule has 1 aliphatic rings. The van der Waals surface area contributed by atoms with Gasteiger partial charge >= 0.3 is 6.03 Å². The first kappa shape index (κ1) is 21.9. The highest BCUT2D eigenvalue weighted by Gasteiger charge is 2.23. The fourth-order valence-corrected chi connectivity index (χ4v) is 3.69. The van der Waals surface area contributed by atoms with Crippen molar-refractivity contribution >= 4 is 17.4 Å². The van der Waals surface area contributed by atoms with Gasteiger partial charge in [0.25, 0.3) is 0 Å². The van der Waals surface area contributed by atoms with Crippen molar-refractivity contribution in [3.8, 4) is 5.75 Å². The number of hydrogen-bond acceptors (Lipinski definition) is 3. The Balaban J connectivity index is 1.55. The number of carbonyl (C=O) groups excluding carboxylic acids is 1. The molecule has 5 nitrogen and oxygen atoms in total. The molecule has 2 aromatic rings. The predicted molar refractivity (Wildman–Crippen MR) is 120 cm³/mol. The molecule has 0 radical (unpaired) electrons. The van der Waals surface area contributed by atoms with Crippen molar-refractivity contribution in [2.75, 3.05) is 36.4 Å².